The molecule has 0 fully saturated rings. The lowest BCUT2D eigenvalue weighted by Gasteiger charge is -2.01. The third-order valence-corrected chi connectivity index (χ3v) is 2.55. The highest BCUT2D eigenvalue weighted by molar-refractivity contribution is 9.10. The number of hydrogen-bond donors (Lipinski definition) is 0. The van der Waals surface area contributed by atoms with Crippen molar-refractivity contribution in [3.63, 3.8) is 0 Å². The Kier molecular flexibility index (Phi) is 3.05. The standard InChI is InChI=1S/C11H9BrN2O2/c1-16-11(15)10-5-6-14(13-10)9-4-2-3-8(12)7-9/h2-7H,1H3. The van der Waals surface area contributed by atoms with Crippen molar-refractivity contribution in [2.24, 2.45) is 0 Å². The van der Waals surface area contributed by atoms with Crippen molar-refractivity contribution in [2.75, 3.05) is 7.11 Å². The molecule has 2 aromatic rings. The van der Waals surface area contributed by atoms with Gasteiger partial charge in [-0.25, -0.2) is 9.48 Å². The van der Waals surface area contributed by atoms with Crippen LogP contribution < -0.4 is 0 Å². The van der Waals surface area contributed by atoms with Gasteiger partial charge < -0.3 is 4.74 Å². The molecule has 0 radical (unpaired) electrons. The van der Waals surface area contributed by atoms with Gasteiger partial charge in [0.25, 0.3) is 0 Å². The maximum absolute atomic E-state index is 11.2. The van der Waals surface area contributed by atoms with Crippen molar-refractivity contribution < 1.29 is 9.53 Å². The van der Waals surface area contributed by atoms with Gasteiger partial charge in [-0.1, -0.05) is 22.0 Å². The molecule has 0 aliphatic rings. The number of benzene rings is 1. The Morgan fingerprint density at radius 2 is 2.25 bits per heavy atom. The number of esters is 1. The van der Waals surface area contributed by atoms with E-state index in [0.29, 0.717) is 5.69 Å². The summed E-state index contributed by atoms with van der Waals surface area (Å²) in [5.41, 5.74) is 1.17. The number of ether oxygens (including phenoxy) is 1. The molecule has 0 N–H and O–H groups in total. The summed E-state index contributed by atoms with van der Waals surface area (Å²) in [5, 5.41) is 4.11. The van der Waals surface area contributed by atoms with Crippen LogP contribution in [0.15, 0.2) is 41.0 Å². The van der Waals surface area contributed by atoms with E-state index in [4.69, 9.17) is 0 Å². The van der Waals surface area contributed by atoms with Crippen LogP contribution in [-0.4, -0.2) is 22.9 Å². The maximum atomic E-state index is 11.2. The number of nitrogens with zero attached hydrogens (tertiary/aromatic N) is 2. The second-order valence-electron chi connectivity index (χ2n) is 3.12. The van der Waals surface area contributed by atoms with Crippen molar-refractivity contribution >= 4 is 21.9 Å². The van der Waals surface area contributed by atoms with Crippen LogP contribution in [-0.2, 0) is 4.74 Å². The Hall–Kier alpha value is -1.62. The van der Waals surface area contributed by atoms with E-state index < -0.39 is 5.97 Å². The minimum atomic E-state index is -0.436. The third-order valence-electron chi connectivity index (χ3n) is 2.06. The van der Waals surface area contributed by atoms with Gasteiger partial charge in [-0.3, -0.25) is 0 Å². The predicted octanol–water partition coefficient (Wildman–Crippen LogP) is 2.42. The summed E-state index contributed by atoms with van der Waals surface area (Å²) < 4.78 is 7.17. The lowest BCUT2D eigenvalue weighted by atomic mass is 10.3. The molecule has 0 saturated heterocycles. The Morgan fingerprint density at radius 3 is 2.94 bits per heavy atom. The lowest BCUT2D eigenvalue weighted by molar-refractivity contribution is 0.0593. The number of hydrogen-bond acceptors (Lipinski definition) is 3. The smallest absolute Gasteiger partial charge is 0.358 e. The molecule has 0 unspecified atom stereocenters. The normalized spacial score (nSPS) is 10.1. The van der Waals surface area contributed by atoms with Crippen LogP contribution >= 0.6 is 15.9 Å². The van der Waals surface area contributed by atoms with E-state index >= 15 is 0 Å². The zero-order valence-electron chi connectivity index (χ0n) is 8.55. The van der Waals surface area contributed by atoms with Gasteiger partial charge in [0.05, 0.1) is 12.8 Å². The average molecular weight is 281 g/mol. The van der Waals surface area contributed by atoms with Crippen LogP contribution in [0.5, 0.6) is 0 Å². The summed E-state index contributed by atoms with van der Waals surface area (Å²) in [4.78, 5) is 11.2. The summed E-state index contributed by atoms with van der Waals surface area (Å²) in [6.45, 7) is 0. The SMILES string of the molecule is COC(=O)c1ccn(-c2cccc(Br)c2)n1. The molecule has 0 aliphatic heterocycles. The Bertz CT molecular complexity index is 522. The number of halogens is 1. The molecule has 82 valence electrons. The van der Waals surface area contributed by atoms with Gasteiger partial charge in [-0.15, -0.1) is 0 Å². The number of rotatable bonds is 2. The number of methoxy groups -OCH3 is 1. The molecule has 0 amide bonds. The van der Waals surface area contributed by atoms with E-state index in [1.54, 1.807) is 16.9 Å². The highest BCUT2D eigenvalue weighted by Gasteiger charge is 2.09. The molecule has 0 aliphatic carbocycles. The molecule has 1 aromatic carbocycles. The maximum Gasteiger partial charge on any atom is 0.358 e. The number of carbonyl (C=O) groups is 1. The van der Waals surface area contributed by atoms with Gasteiger partial charge >= 0.3 is 5.97 Å². The minimum absolute atomic E-state index is 0.294. The average Bonchev–Trinajstić information content (AvgIpc) is 2.77. The minimum Gasteiger partial charge on any atom is -0.464 e. The predicted molar refractivity (Wildman–Crippen MR) is 62.6 cm³/mol. The van der Waals surface area contributed by atoms with Crippen LogP contribution in [0.2, 0.25) is 0 Å². The van der Waals surface area contributed by atoms with E-state index in [1.807, 2.05) is 24.3 Å². The van der Waals surface area contributed by atoms with Crippen LogP contribution in [0.1, 0.15) is 10.5 Å². The third kappa shape index (κ3) is 2.14. The van der Waals surface area contributed by atoms with E-state index in [1.165, 1.54) is 7.11 Å². The van der Waals surface area contributed by atoms with E-state index in [9.17, 15) is 4.79 Å². The molecular formula is C11H9BrN2O2. The molecular weight excluding hydrogens is 272 g/mol. The molecule has 1 aromatic heterocycles. The second-order valence-corrected chi connectivity index (χ2v) is 4.03. The summed E-state index contributed by atoms with van der Waals surface area (Å²) in [7, 11) is 1.33. The van der Waals surface area contributed by atoms with E-state index in [0.717, 1.165) is 10.2 Å². The molecule has 16 heavy (non-hydrogen) atoms. The molecule has 1 heterocycles. The highest BCUT2D eigenvalue weighted by atomic mass is 79.9. The summed E-state index contributed by atoms with van der Waals surface area (Å²) in [6, 6.07) is 9.26. The number of aromatic nitrogens is 2. The Balaban J connectivity index is 2.35. The van der Waals surface area contributed by atoms with Gasteiger partial charge in [-0.05, 0) is 24.3 Å². The lowest BCUT2D eigenvalue weighted by Crippen LogP contribution is -2.03. The first-order valence-electron chi connectivity index (χ1n) is 4.60. The fourth-order valence-corrected chi connectivity index (χ4v) is 1.69. The molecule has 2 rings (SSSR count). The zero-order valence-corrected chi connectivity index (χ0v) is 10.1. The van der Waals surface area contributed by atoms with Crippen molar-refractivity contribution in [1.82, 2.24) is 9.78 Å². The summed E-state index contributed by atoms with van der Waals surface area (Å²) in [6.07, 6.45) is 1.72. The van der Waals surface area contributed by atoms with Gasteiger partial charge in [0.15, 0.2) is 5.69 Å². The van der Waals surface area contributed by atoms with Crippen LogP contribution in [0.4, 0.5) is 0 Å². The second kappa shape index (κ2) is 4.49. The zero-order chi connectivity index (χ0) is 11.5. The van der Waals surface area contributed by atoms with Crippen LogP contribution in [0.25, 0.3) is 5.69 Å². The van der Waals surface area contributed by atoms with Crippen molar-refractivity contribution in [1.29, 1.82) is 0 Å². The molecule has 0 atom stereocenters. The first-order valence-corrected chi connectivity index (χ1v) is 5.40. The fourth-order valence-electron chi connectivity index (χ4n) is 1.30. The largest absolute Gasteiger partial charge is 0.464 e. The molecule has 5 heteroatoms. The summed E-state index contributed by atoms with van der Waals surface area (Å²) in [5.74, 6) is -0.436. The molecule has 0 spiro atoms. The first-order chi connectivity index (χ1) is 7.70. The molecule has 4 nitrogen and oxygen atoms in total. The van der Waals surface area contributed by atoms with Crippen LogP contribution in [0.3, 0.4) is 0 Å². The Labute approximate surface area is 101 Å². The first kappa shape index (κ1) is 10.9. The van der Waals surface area contributed by atoms with Gasteiger partial charge in [0.1, 0.15) is 0 Å². The highest BCUT2D eigenvalue weighted by Crippen LogP contribution is 2.15. The molecule has 0 bridgehead atoms. The van der Waals surface area contributed by atoms with Gasteiger partial charge in [-0.2, -0.15) is 5.10 Å². The van der Waals surface area contributed by atoms with E-state index in [-0.39, 0.29) is 0 Å². The van der Waals surface area contributed by atoms with Gasteiger partial charge in [0, 0.05) is 10.7 Å². The van der Waals surface area contributed by atoms with Crippen molar-refractivity contribution in [3.05, 3.63) is 46.7 Å². The fraction of sp³-hybridized carbons (Fsp3) is 0.0909. The Morgan fingerprint density at radius 1 is 1.44 bits per heavy atom. The topological polar surface area (TPSA) is 44.1 Å². The monoisotopic (exact) mass is 280 g/mol. The summed E-state index contributed by atoms with van der Waals surface area (Å²) >= 11 is 3.38. The van der Waals surface area contributed by atoms with Crippen molar-refractivity contribution in [3.8, 4) is 5.69 Å². The van der Waals surface area contributed by atoms with Crippen molar-refractivity contribution in [2.45, 2.75) is 0 Å². The molecule has 0 saturated carbocycles. The number of carbonyl (C=O) groups excluding carboxylic acids is 1. The van der Waals surface area contributed by atoms with E-state index in [2.05, 4.69) is 25.8 Å². The quantitative estimate of drug-likeness (QED) is 0.794. The van der Waals surface area contributed by atoms with Crippen LogP contribution in [0, 0.1) is 0 Å². The van der Waals surface area contributed by atoms with Gasteiger partial charge in [0.2, 0.25) is 0 Å².